The lowest BCUT2D eigenvalue weighted by molar-refractivity contribution is -0.116. The Balaban J connectivity index is 1.39. The Kier molecular flexibility index (Phi) is 5.34. The van der Waals surface area contributed by atoms with Gasteiger partial charge in [0.15, 0.2) is 0 Å². The van der Waals surface area contributed by atoms with E-state index in [0.717, 1.165) is 43.1 Å². The molecule has 2 amide bonds. The van der Waals surface area contributed by atoms with Crippen LogP contribution in [0.25, 0.3) is 0 Å². The zero-order valence-corrected chi connectivity index (χ0v) is 16.0. The van der Waals surface area contributed by atoms with Crippen molar-refractivity contribution in [3.8, 4) is 0 Å². The summed E-state index contributed by atoms with van der Waals surface area (Å²) >= 11 is 1.33. The first kappa shape index (κ1) is 17.9. The summed E-state index contributed by atoms with van der Waals surface area (Å²) in [6.45, 7) is 2.99. The Morgan fingerprint density at radius 3 is 2.70 bits per heavy atom. The van der Waals surface area contributed by atoms with E-state index in [1.165, 1.54) is 23.0 Å². The summed E-state index contributed by atoms with van der Waals surface area (Å²) in [6.07, 6.45) is 1.39. The molecule has 2 aliphatic rings. The van der Waals surface area contributed by atoms with Gasteiger partial charge in [-0.3, -0.25) is 9.59 Å². The van der Waals surface area contributed by atoms with E-state index in [1.54, 1.807) is 4.90 Å². The molecule has 0 aliphatic carbocycles. The summed E-state index contributed by atoms with van der Waals surface area (Å²) in [5, 5.41) is 3.12. The Morgan fingerprint density at radius 1 is 1.04 bits per heavy atom. The fraction of sp³-hybridized carbons (Fsp3) is 0.333. The lowest BCUT2D eigenvalue weighted by atomic mass is 10.1. The van der Waals surface area contributed by atoms with E-state index < -0.39 is 0 Å². The van der Waals surface area contributed by atoms with Crippen LogP contribution in [0.1, 0.15) is 17.5 Å². The number of carbonyl (C=O) groups excluding carboxylic acids is 2. The minimum atomic E-state index is -0.0472. The average molecular weight is 382 g/mol. The minimum Gasteiger partial charge on any atom is -0.367 e. The van der Waals surface area contributed by atoms with Gasteiger partial charge in [0.05, 0.1) is 0 Å². The van der Waals surface area contributed by atoms with Crippen LogP contribution < -0.4 is 10.2 Å². The highest BCUT2D eigenvalue weighted by Gasteiger charge is 2.22. The van der Waals surface area contributed by atoms with Crippen molar-refractivity contribution in [3.05, 3.63) is 59.7 Å². The van der Waals surface area contributed by atoms with E-state index in [2.05, 4.69) is 40.5 Å². The number of nitrogens with zero attached hydrogens (tertiary/aromatic N) is 2. The first-order valence-corrected chi connectivity index (χ1v) is 10.3. The van der Waals surface area contributed by atoms with Crippen LogP contribution in [0.4, 0.5) is 16.2 Å². The van der Waals surface area contributed by atoms with Crippen LogP contribution in [-0.2, 0) is 17.8 Å². The van der Waals surface area contributed by atoms with Crippen LogP contribution >= 0.6 is 11.8 Å². The molecule has 2 aromatic rings. The van der Waals surface area contributed by atoms with Gasteiger partial charge in [0.2, 0.25) is 5.91 Å². The van der Waals surface area contributed by atoms with Gasteiger partial charge in [-0.25, -0.2) is 0 Å². The molecule has 0 spiro atoms. The fourth-order valence-corrected chi connectivity index (χ4v) is 4.49. The Bertz CT molecular complexity index is 855. The zero-order valence-electron chi connectivity index (χ0n) is 15.2. The Labute approximate surface area is 163 Å². The number of amides is 2. The van der Waals surface area contributed by atoms with Gasteiger partial charge < -0.3 is 15.1 Å². The smallest absolute Gasteiger partial charge is 0.281 e. The third kappa shape index (κ3) is 4.11. The Hall–Kier alpha value is -2.47. The van der Waals surface area contributed by atoms with E-state index in [9.17, 15) is 9.59 Å². The maximum absolute atomic E-state index is 12.4. The first-order chi connectivity index (χ1) is 13.2. The van der Waals surface area contributed by atoms with E-state index in [0.29, 0.717) is 13.0 Å². The summed E-state index contributed by atoms with van der Waals surface area (Å²) in [7, 11) is 0. The average Bonchev–Trinajstić information content (AvgIpc) is 3.28. The lowest BCUT2D eigenvalue weighted by Gasteiger charge is -2.21. The van der Waals surface area contributed by atoms with Crippen molar-refractivity contribution in [2.75, 3.05) is 35.6 Å². The van der Waals surface area contributed by atoms with Gasteiger partial charge in [0.25, 0.3) is 5.24 Å². The maximum Gasteiger partial charge on any atom is 0.281 e. The van der Waals surface area contributed by atoms with Crippen LogP contribution in [0.5, 0.6) is 0 Å². The van der Waals surface area contributed by atoms with Gasteiger partial charge in [-0.15, -0.1) is 0 Å². The molecule has 2 aromatic carbocycles. The van der Waals surface area contributed by atoms with Crippen LogP contribution in [0.2, 0.25) is 0 Å². The van der Waals surface area contributed by atoms with Crippen LogP contribution in [0, 0.1) is 0 Å². The number of fused-ring (bicyclic) bond motifs is 1. The molecule has 0 unspecified atom stereocenters. The van der Waals surface area contributed by atoms with Gasteiger partial charge in [-0.2, -0.15) is 0 Å². The van der Waals surface area contributed by atoms with Crippen molar-refractivity contribution in [2.45, 2.75) is 19.4 Å². The highest BCUT2D eigenvalue weighted by molar-refractivity contribution is 8.13. The van der Waals surface area contributed by atoms with Crippen molar-refractivity contribution >= 4 is 34.3 Å². The SMILES string of the molecule is O=C(CCN1CCSC1=O)Nc1ccccc1CN1CCc2ccccc21. The van der Waals surface area contributed by atoms with Crippen LogP contribution in [0.3, 0.4) is 0 Å². The molecular formula is C21H23N3O2S. The number of hydrogen-bond donors (Lipinski definition) is 1. The molecule has 2 aliphatic heterocycles. The minimum absolute atomic E-state index is 0.0472. The van der Waals surface area contributed by atoms with E-state index in [-0.39, 0.29) is 11.1 Å². The second-order valence-corrected chi connectivity index (χ2v) is 7.90. The predicted octanol–water partition coefficient (Wildman–Crippen LogP) is 3.75. The van der Waals surface area contributed by atoms with Crippen molar-refractivity contribution in [1.82, 2.24) is 4.90 Å². The third-order valence-electron chi connectivity index (χ3n) is 5.09. The predicted molar refractivity (Wildman–Crippen MR) is 110 cm³/mol. The second kappa shape index (κ2) is 8.05. The molecule has 0 atom stereocenters. The Morgan fingerprint density at radius 2 is 1.85 bits per heavy atom. The van der Waals surface area contributed by atoms with E-state index in [1.807, 2.05) is 18.2 Å². The molecule has 0 bridgehead atoms. The third-order valence-corrected chi connectivity index (χ3v) is 5.98. The molecule has 5 nitrogen and oxygen atoms in total. The highest BCUT2D eigenvalue weighted by Crippen LogP contribution is 2.30. The van der Waals surface area contributed by atoms with Gasteiger partial charge in [0.1, 0.15) is 0 Å². The molecule has 0 saturated carbocycles. The molecule has 4 rings (SSSR count). The summed E-state index contributed by atoms with van der Waals surface area (Å²) in [4.78, 5) is 28.1. The quantitative estimate of drug-likeness (QED) is 0.828. The number of hydrogen-bond acceptors (Lipinski definition) is 4. The molecule has 27 heavy (non-hydrogen) atoms. The molecule has 1 saturated heterocycles. The zero-order chi connectivity index (χ0) is 18.6. The molecule has 6 heteroatoms. The first-order valence-electron chi connectivity index (χ1n) is 9.33. The number of anilines is 2. The largest absolute Gasteiger partial charge is 0.367 e. The van der Waals surface area contributed by atoms with Gasteiger partial charge in [-0.05, 0) is 29.7 Å². The molecule has 0 aromatic heterocycles. The second-order valence-electron chi connectivity index (χ2n) is 6.86. The summed E-state index contributed by atoms with van der Waals surface area (Å²) in [6, 6.07) is 16.5. The van der Waals surface area contributed by atoms with Crippen molar-refractivity contribution in [1.29, 1.82) is 0 Å². The molecule has 140 valence electrons. The molecule has 1 fully saturated rings. The maximum atomic E-state index is 12.4. The molecular weight excluding hydrogens is 358 g/mol. The van der Waals surface area contributed by atoms with E-state index in [4.69, 9.17) is 0 Å². The lowest BCUT2D eigenvalue weighted by Crippen LogP contribution is -2.28. The summed E-state index contributed by atoms with van der Waals surface area (Å²) in [5.41, 5.74) is 4.63. The van der Waals surface area contributed by atoms with Crippen LogP contribution in [0.15, 0.2) is 48.5 Å². The van der Waals surface area contributed by atoms with Crippen molar-refractivity contribution in [2.24, 2.45) is 0 Å². The standard InChI is InChI=1S/C21H23N3O2S/c25-20(10-12-23-13-14-27-21(23)26)22-18-7-3-1-6-17(18)15-24-11-9-16-5-2-4-8-19(16)24/h1-8H,9-15H2,(H,22,25). The number of benzene rings is 2. The topological polar surface area (TPSA) is 52.7 Å². The number of thioether (sulfide) groups is 1. The number of nitrogens with one attached hydrogen (secondary N) is 1. The summed E-state index contributed by atoms with van der Waals surface area (Å²) < 4.78 is 0. The normalized spacial score (nSPS) is 15.9. The number of para-hydroxylation sites is 2. The number of rotatable bonds is 6. The van der Waals surface area contributed by atoms with Gasteiger partial charge in [0, 0.05) is 49.7 Å². The van der Waals surface area contributed by atoms with E-state index >= 15 is 0 Å². The van der Waals surface area contributed by atoms with Gasteiger partial charge >= 0.3 is 0 Å². The van der Waals surface area contributed by atoms with Crippen molar-refractivity contribution < 1.29 is 9.59 Å². The molecule has 2 heterocycles. The number of carbonyl (C=O) groups is 2. The van der Waals surface area contributed by atoms with Crippen molar-refractivity contribution in [3.63, 3.8) is 0 Å². The summed E-state index contributed by atoms with van der Waals surface area (Å²) in [5.74, 6) is 0.773. The fourth-order valence-electron chi connectivity index (χ4n) is 3.63. The molecule has 1 N–H and O–H groups in total. The van der Waals surface area contributed by atoms with Crippen LogP contribution in [-0.4, -0.2) is 41.4 Å². The molecule has 0 radical (unpaired) electrons. The monoisotopic (exact) mass is 381 g/mol. The van der Waals surface area contributed by atoms with Gasteiger partial charge in [-0.1, -0.05) is 48.2 Å². The highest BCUT2D eigenvalue weighted by atomic mass is 32.2.